The minimum absolute atomic E-state index is 0.00992. The first kappa shape index (κ1) is 25.9. The minimum atomic E-state index is -1.05. The van der Waals surface area contributed by atoms with Crippen molar-refractivity contribution in [3.63, 3.8) is 0 Å². The highest BCUT2D eigenvalue weighted by Gasteiger charge is 2.21. The quantitative estimate of drug-likeness (QED) is 0.221. The number of carbonyl (C=O) groups is 2. The van der Waals surface area contributed by atoms with E-state index in [1.54, 1.807) is 18.2 Å². The standard InChI is InChI=1S/C33H22F2N2O4/c34-25-11-12-28(35)26(17-25)24-15-27(32(38)36-18-19-5-9-22(10-6-19)33(39)40)31-29(16-24)37-41-30(31)14-20-7-8-21-3-1-2-4-23(21)13-20/h1-13,15-17H,14,18H2,(H,36,38)(H,39,40). The predicted molar refractivity (Wildman–Crippen MR) is 151 cm³/mol. The first-order valence-electron chi connectivity index (χ1n) is 12.8. The molecule has 0 bridgehead atoms. The van der Waals surface area contributed by atoms with Crippen molar-refractivity contribution in [3.8, 4) is 11.1 Å². The number of rotatable bonds is 7. The van der Waals surface area contributed by atoms with Gasteiger partial charge < -0.3 is 14.9 Å². The molecule has 1 amide bonds. The third-order valence-corrected chi connectivity index (χ3v) is 6.97. The van der Waals surface area contributed by atoms with Crippen LogP contribution in [0.25, 0.3) is 32.8 Å². The average Bonchev–Trinajstić information content (AvgIpc) is 3.39. The Morgan fingerprint density at radius 3 is 2.37 bits per heavy atom. The molecule has 0 radical (unpaired) electrons. The molecule has 2 N–H and O–H groups in total. The summed E-state index contributed by atoms with van der Waals surface area (Å²) in [6.45, 7) is 0.115. The van der Waals surface area contributed by atoms with Crippen molar-refractivity contribution in [3.05, 3.63) is 137 Å². The smallest absolute Gasteiger partial charge is 0.335 e. The number of carbonyl (C=O) groups excluding carboxylic acids is 1. The number of carboxylic acid groups (broad SMARTS) is 1. The van der Waals surface area contributed by atoms with Crippen LogP contribution in [0.15, 0.2) is 102 Å². The lowest BCUT2D eigenvalue weighted by atomic mass is 9.96. The Bertz CT molecular complexity index is 1950. The average molecular weight is 549 g/mol. The van der Waals surface area contributed by atoms with Crippen LogP contribution >= 0.6 is 0 Å². The lowest BCUT2D eigenvalue weighted by Crippen LogP contribution is -2.23. The number of amides is 1. The van der Waals surface area contributed by atoms with Gasteiger partial charge in [-0.25, -0.2) is 13.6 Å². The molecule has 41 heavy (non-hydrogen) atoms. The van der Waals surface area contributed by atoms with Crippen LogP contribution in [0.1, 0.15) is 37.6 Å². The van der Waals surface area contributed by atoms with Crippen molar-refractivity contribution in [2.24, 2.45) is 0 Å². The largest absolute Gasteiger partial charge is 0.478 e. The topological polar surface area (TPSA) is 92.4 Å². The van der Waals surface area contributed by atoms with Crippen molar-refractivity contribution in [1.29, 1.82) is 0 Å². The number of nitrogens with one attached hydrogen (secondary N) is 1. The lowest BCUT2D eigenvalue weighted by molar-refractivity contribution is 0.0696. The van der Waals surface area contributed by atoms with Gasteiger partial charge >= 0.3 is 5.97 Å². The van der Waals surface area contributed by atoms with Gasteiger partial charge in [0.05, 0.1) is 16.5 Å². The van der Waals surface area contributed by atoms with Gasteiger partial charge in [0.2, 0.25) is 0 Å². The van der Waals surface area contributed by atoms with Crippen molar-refractivity contribution in [2.75, 3.05) is 0 Å². The molecule has 6 aromatic rings. The second kappa shape index (κ2) is 10.7. The van der Waals surface area contributed by atoms with E-state index in [4.69, 9.17) is 9.63 Å². The van der Waals surface area contributed by atoms with Gasteiger partial charge in [-0.1, -0.05) is 59.8 Å². The molecule has 0 unspecified atom stereocenters. The van der Waals surface area contributed by atoms with Crippen LogP contribution in [0.2, 0.25) is 0 Å². The van der Waals surface area contributed by atoms with E-state index in [-0.39, 0.29) is 28.8 Å². The van der Waals surface area contributed by atoms with Crippen LogP contribution in [-0.4, -0.2) is 22.1 Å². The van der Waals surface area contributed by atoms with Crippen LogP contribution in [0, 0.1) is 11.6 Å². The Morgan fingerprint density at radius 2 is 1.59 bits per heavy atom. The Hall–Kier alpha value is -5.37. The molecule has 8 heteroatoms. The molecule has 1 aromatic heterocycles. The van der Waals surface area contributed by atoms with E-state index in [1.807, 2.05) is 42.5 Å². The van der Waals surface area contributed by atoms with E-state index in [1.165, 1.54) is 18.2 Å². The summed E-state index contributed by atoms with van der Waals surface area (Å²) in [7, 11) is 0. The van der Waals surface area contributed by atoms with Crippen molar-refractivity contribution < 1.29 is 28.0 Å². The fourth-order valence-corrected chi connectivity index (χ4v) is 4.89. The Morgan fingerprint density at radius 1 is 0.829 bits per heavy atom. The predicted octanol–water partition coefficient (Wildman–Crippen LogP) is 7.15. The first-order chi connectivity index (χ1) is 19.9. The van der Waals surface area contributed by atoms with E-state index in [9.17, 15) is 18.4 Å². The summed E-state index contributed by atoms with van der Waals surface area (Å²) in [5, 5.41) is 18.8. The van der Waals surface area contributed by atoms with E-state index >= 15 is 0 Å². The monoisotopic (exact) mass is 548 g/mol. The molecule has 0 spiro atoms. The highest BCUT2D eigenvalue weighted by Crippen LogP contribution is 2.33. The van der Waals surface area contributed by atoms with Crippen LogP contribution < -0.4 is 5.32 Å². The molecule has 1 heterocycles. The van der Waals surface area contributed by atoms with Crippen LogP contribution in [0.4, 0.5) is 8.78 Å². The SMILES string of the molecule is O=C(O)c1ccc(CNC(=O)c2cc(-c3cc(F)ccc3F)cc3noc(Cc4ccc5ccccc5c4)c23)cc1. The first-order valence-corrected chi connectivity index (χ1v) is 12.8. The number of benzene rings is 5. The van der Waals surface area contributed by atoms with Gasteiger partial charge in [0, 0.05) is 18.5 Å². The zero-order chi connectivity index (χ0) is 28.5. The molecular weight excluding hydrogens is 526 g/mol. The summed E-state index contributed by atoms with van der Waals surface area (Å²) in [5.41, 5.74) is 2.56. The summed E-state index contributed by atoms with van der Waals surface area (Å²) in [6.07, 6.45) is 0.353. The molecule has 0 atom stereocenters. The number of aromatic nitrogens is 1. The molecular formula is C33H22F2N2O4. The number of fused-ring (bicyclic) bond motifs is 2. The maximum absolute atomic E-state index is 14.7. The van der Waals surface area contributed by atoms with E-state index in [2.05, 4.69) is 10.5 Å². The Labute approximate surface area is 232 Å². The Balaban J connectivity index is 1.40. The third-order valence-electron chi connectivity index (χ3n) is 6.97. The fourth-order valence-electron chi connectivity index (χ4n) is 4.89. The molecule has 0 aliphatic rings. The highest BCUT2D eigenvalue weighted by atomic mass is 19.1. The van der Waals surface area contributed by atoms with Crippen LogP contribution in [0.5, 0.6) is 0 Å². The molecule has 6 rings (SSSR count). The van der Waals surface area contributed by atoms with E-state index < -0.39 is 23.5 Å². The molecule has 0 aliphatic carbocycles. The number of aromatic carboxylic acids is 1. The van der Waals surface area contributed by atoms with Gasteiger partial charge in [-0.3, -0.25) is 4.79 Å². The number of nitrogens with zero attached hydrogens (tertiary/aromatic N) is 1. The lowest BCUT2D eigenvalue weighted by Gasteiger charge is -2.11. The van der Waals surface area contributed by atoms with E-state index in [0.29, 0.717) is 28.6 Å². The summed E-state index contributed by atoms with van der Waals surface area (Å²) in [4.78, 5) is 24.7. The second-order valence-electron chi connectivity index (χ2n) is 9.69. The van der Waals surface area contributed by atoms with Gasteiger partial charge in [-0.05, 0) is 69.9 Å². The summed E-state index contributed by atoms with van der Waals surface area (Å²) in [5.74, 6) is -2.32. The molecule has 0 saturated heterocycles. The van der Waals surface area contributed by atoms with Crippen molar-refractivity contribution >= 4 is 33.6 Å². The number of hydrogen-bond acceptors (Lipinski definition) is 4. The second-order valence-corrected chi connectivity index (χ2v) is 9.69. The zero-order valence-electron chi connectivity index (χ0n) is 21.5. The van der Waals surface area contributed by atoms with E-state index in [0.717, 1.165) is 34.5 Å². The number of carboxylic acids is 1. The summed E-state index contributed by atoms with van der Waals surface area (Å²) in [6, 6.07) is 26.3. The highest BCUT2D eigenvalue weighted by molar-refractivity contribution is 6.08. The zero-order valence-corrected chi connectivity index (χ0v) is 21.5. The molecule has 6 nitrogen and oxygen atoms in total. The number of halogens is 2. The molecule has 0 saturated carbocycles. The van der Waals surface area contributed by atoms with Crippen molar-refractivity contribution in [1.82, 2.24) is 10.5 Å². The van der Waals surface area contributed by atoms with Gasteiger partial charge in [0.15, 0.2) is 0 Å². The fraction of sp³-hybridized carbons (Fsp3) is 0.0606. The maximum Gasteiger partial charge on any atom is 0.335 e. The van der Waals surface area contributed by atoms with Gasteiger partial charge in [-0.2, -0.15) is 0 Å². The van der Waals surface area contributed by atoms with Gasteiger partial charge in [0.1, 0.15) is 22.9 Å². The van der Waals surface area contributed by atoms with Gasteiger partial charge in [0.25, 0.3) is 5.91 Å². The van der Waals surface area contributed by atoms with Gasteiger partial charge in [-0.15, -0.1) is 0 Å². The Kier molecular flexibility index (Phi) is 6.73. The molecule has 5 aromatic carbocycles. The van der Waals surface area contributed by atoms with Crippen molar-refractivity contribution in [2.45, 2.75) is 13.0 Å². The maximum atomic E-state index is 14.7. The summed E-state index contributed by atoms with van der Waals surface area (Å²) >= 11 is 0. The molecule has 0 fully saturated rings. The minimum Gasteiger partial charge on any atom is -0.478 e. The van der Waals surface area contributed by atoms with Crippen LogP contribution in [0.3, 0.4) is 0 Å². The molecule has 202 valence electrons. The third kappa shape index (κ3) is 5.27. The molecule has 0 aliphatic heterocycles. The normalized spacial score (nSPS) is 11.2. The van der Waals surface area contributed by atoms with Crippen LogP contribution in [-0.2, 0) is 13.0 Å². The summed E-state index contributed by atoms with van der Waals surface area (Å²) < 4.78 is 34.5. The number of hydrogen-bond donors (Lipinski definition) is 2.